The number of aliphatic hydroxyl groups excluding tert-OH is 1. The average Bonchev–Trinajstić information content (AvgIpc) is 2.10. The van der Waals surface area contributed by atoms with Gasteiger partial charge in [-0.2, -0.15) is 0 Å². The van der Waals surface area contributed by atoms with Gasteiger partial charge in [-0.15, -0.1) is 0 Å². The third kappa shape index (κ3) is 1.73. The number of nitrogens with one attached hydrogen (secondary N) is 1. The van der Waals surface area contributed by atoms with Crippen LogP contribution in [0.5, 0.6) is 0 Å². The van der Waals surface area contributed by atoms with Crippen molar-refractivity contribution in [3.63, 3.8) is 0 Å². The van der Waals surface area contributed by atoms with Crippen LogP contribution in [0.1, 0.15) is 12.8 Å². The summed E-state index contributed by atoms with van der Waals surface area (Å²) in [6.45, 7) is 0. The molecule has 0 atom stereocenters. The summed E-state index contributed by atoms with van der Waals surface area (Å²) in [6.07, 6.45) is 2.60. The van der Waals surface area contributed by atoms with Gasteiger partial charge in [0.15, 0.2) is 11.0 Å². The Morgan fingerprint density at radius 3 is 2.86 bits per heavy atom. The van der Waals surface area contributed by atoms with E-state index in [2.05, 4.69) is 15.3 Å². The van der Waals surface area contributed by atoms with E-state index in [0.717, 1.165) is 12.8 Å². The van der Waals surface area contributed by atoms with Crippen LogP contribution >= 0.6 is 11.6 Å². The molecule has 0 bridgehead atoms. The van der Waals surface area contributed by atoms with Crippen molar-refractivity contribution in [3.8, 4) is 0 Å². The van der Waals surface area contributed by atoms with Crippen LogP contribution in [0, 0.1) is 0 Å². The van der Waals surface area contributed by atoms with Crippen LogP contribution in [-0.4, -0.2) is 27.2 Å². The minimum absolute atomic E-state index is 0.203. The van der Waals surface area contributed by atoms with Crippen molar-refractivity contribution in [3.05, 3.63) is 11.5 Å². The summed E-state index contributed by atoms with van der Waals surface area (Å²) >= 11 is 5.72. The average molecular weight is 215 g/mol. The Balaban J connectivity index is 2.06. The summed E-state index contributed by atoms with van der Waals surface area (Å²) in [5.41, 5.74) is 6.02. The molecule has 5 nitrogen and oxygen atoms in total. The molecule has 1 aliphatic rings. The lowest BCUT2D eigenvalue weighted by molar-refractivity contribution is 0.0835. The van der Waals surface area contributed by atoms with E-state index in [1.54, 1.807) is 0 Å². The number of anilines is 2. The first-order valence-electron chi connectivity index (χ1n) is 4.37. The SMILES string of the molecule is Nc1c(Cl)ncnc1NC1CC(O)C1. The molecule has 4 N–H and O–H groups in total. The first-order chi connectivity index (χ1) is 6.66. The minimum atomic E-state index is -0.203. The molecule has 0 aromatic carbocycles. The summed E-state index contributed by atoms with van der Waals surface area (Å²) in [4.78, 5) is 7.72. The van der Waals surface area contributed by atoms with Gasteiger partial charge in [-0.1, -0.05) is 11.6 Å². The highest BCUT2D eigenvalue weighted by atomic mass is 35.5. The lowest BCUT2D eigenvalue weighted by Gasteiger charge is -2.32. The molecular formula is C8H11ClN4O. The number of aliphatic hydroxyl groups is 1. The Hall–Kier alpha value is -1.07. The highest BCUT2D eigenvalue weighted by Crippen LogP contribution is 2.27. The van der Waals surface area contributed by atoms with Crippen LogP contribution < -0.4 is 11.1 Å². The van der Waals surface area contributed by atoms with Gasteiger partial charge in [0.25, 0.3) is 0 Å². The zero-order valence-corrected chi connectivity index (χ0v) is 8.20. The van der Waals surface area contributed by atoms with Gasteiger partial charge in [0.2, 0.25) is 0 Å². The molecule has 1 fully saturated rings. The van der Waals surface area contributed by atoms with E-state index in [0.29, 0.717) is 11.5 Å². The molecule has 0 radical (unpaired) electrons. The maximum atomic E-state index is 9.09. The number of nitrogen functional groups attached to an aromatic ring is 1. The molecule has 0 spiro atoms. The van der Waals surface area contributed by atoms with Gasteiger partial charge in [0.1, 0.15) is 12.0 Å². The molecule has 1 aromatic heterocycles. The first kappa shape index (κ1) is 9.48. The maximum Gasteiger partial charge on any atom is 0.157 e. The fraction of sp³-hybridized carbons (Fsp3) is 0.500. The van der Waals surface area contributed by atoms with Crippen molar-refractivity contribution >= 4 is 23.1 Å². The molecule has 0 amide bonds. The lowest BCUT2D eigenvalue weighted by Crippen LogP contribution is -2.39. The maximum absolute atomic E-state index is 9.09. The number of rotatable bonds is 2. The molecule has 1 aliphatic carbocycles. The van der Waals surface area contributed by atoms with Gasteiger partial charge < -0.3 is 16.2 Å². The van der Waals surface area contributed by atoms with Crippen LogP contribution in [0.25, 0.3) is 0 Å². The second-order valence-corrected chi connectivity index (χ2v) is 3.75. The Morgan fingerprint density at radius 2 is 2.21 bits per heavy atom. The summed E-state index contributed by atoms with van der Waals surface area (Å²) in [6, 6.07) is 0.235. The van der Waals surface area contributed by atoms with Gasteiger partial charge in [-0.3, -0.25) is 0 Å². The van der Waals surface area contributed by atoms with Crippen LogP contribution in [0.3, 0.4) is 0 Å². The van der Waals surface area contributed by atoms with Gasteiger partial charge in [-0.25, -0.2) is 9.97 Å². The monoisotopic (exact) mass is 214 g/mol. The molecular weight excluding hydrogens is 204 g/mol. The van der Waals surface area contributed by atoms with E-state index in [9.17, 15) is 0 Å². The largest absolute Gasteiger partial charge is 0.393 e. The molecule has 2 rings (SSSR count). The van der Waals surface area contributed by atoms with Crippen LogP contribution in [0.2, 0.25) is 5.15 Å². The third-order valence-electron chi connectivity index (χ3n) is 2.29. The minimum Gasteiger partial charge on any atom is -0.393 e. The Bertz CT molecular complexity index is 340. The second-order valence-electron chi connectivity index (χ2n) is 3.39. The molecule has 14 heavy (non-hydrogen) atoms. The van der Waals surface area contributed by atoms with Crippen molar-refractivity contribution < 1.29 is 5.11 Å². The molecule has 1 saturated carbocycles. The van der Waals surface area contributed by atoms with E-state index in [-0.39, 0.29) is 17.3 Å². The second kappa shape index (κ2) is 3.59. The standard InChI is InChI=1S/C8H11ClN4O/c9-7-6(10)8(12-3-11-7)13-4-1-5(14)2-4/h3-5,14H,1-2,10H2,(H,11,12,13). The van der Waals surface area contributed by atoms with Crippen LogP contribution in [0.4, 0.5) is 11.5 Å². The summed E-state index contributed by atoms with van der Waals surface area (Å²) < 4.78 is 0. The van der Waals surface area contributed by atoms with Gasteiger partial charge in [-0.05, 0) is 12.8 Å². The highest BCUT2D eigenvalue weighted by Gasteiger charge is 2.27. The lowest BCUT2D eigenvalue weighted by atomic mass is 9.89. The number of nitrogens with zero attached hydrogens (tertiary/aromatic N) is 2. The fourth-order valence-electron chi connectivity index (χ4n) is 1.39. The number of hydrogen-bond acceptors (Lipinski definition) is 5. The zero-order valence-electron chi connectivity index (χ0n) is 7.44. The Morgan fingerprint density at radius 1 is 1.50 bits per heavy atom. The van der Waals surface area contributed by atoms with Gasteiger partial charge in [0.05, 0.1) is 6.10 Å². The van der Waals surface area contributed by atoms with Crippen molar-refractivity contribution in [1.29, 1.82) is 0 Å². The molecule has 0 unspecified atom stereocenters. The highest BCUT2D eigenvalue weighted by molar-refractivity contribution is 6.32. The van der Waals surface area contributed by atoms with Crippen LogP contribution in [0.15, 0.2) is 6.33 Å². The normalized spacial score (nSPS) is 25.6. The van der Waals surface area contributed by atoms with E-state index in [1.165, 1.54) is 6.33 Å². The van der Waals surface area contributed by atoms with Crippen molar-refractivity contribution in [1.82, 2.24) is 9.97 Å². The fourth-order valence-corrected chi connectivity index (χ4v) is 1.52. The smallest absolute Gasteiger partial charge is 0.157 e. The van der Waals surface area contributed by atoms with E-state index < -0.39 is 0 Å². The Labute approximate surface area is 86.3 Å². The quantitative estimate of drug-likeness (QED) is 0.630. The van der Waals surface area contributed by atoms with Crippen molar-refractivity contribution in [2.75, 3.05) is 11.1 Å². The summed E-state index contributed by atoms with van der Waals surface area (Å²) in [5.74, 6) is 0.543. The van der Waals surface area contributed by atoms with E-state index in [1.807, 2.05) is 0 Å². The van der Waals surface area contributed by atoms with Gasteiger partial charge in [0, 0.05) is 6.04 Å². The topological polar surface area (TPSA) is 84.1 Å². The van der Waals surface area contributed by atoms with E-state index >= 15 is 0 Å². The first-order valence-corrected chi connectivity index (χ1v) is 4.75. The number of nitrogens with two attached hydrogens (primary N) is 1. The summed E-state index contributed by atoms with van der Waals surface area (Å²) in [5, 5.41) is 12.4. The molecule has 0 saturated heterocycles. The third-order valence-corrected chi connectivity index (χ3v) is 2.59. The summed E-state index contributed by atoms with van der Waals surface area (Å²) in [7, 11) is 0. The number of hydrogen-bond donors (Lipinski definition) is 3. The molecule has 1 aromatic rings. The molecule has 0 aliphatic heterocycles. The molecule has 76 valence electrons. The van der Waals surface area contributed by atoms with Crippen molar-refractivity contribution in [2.45, 2.75) is 25.0 Å². The number of aromatic nitrogens is 2. The zero-order chi connectivity index (χ0) is 10.1. The predicted octanol–water partition coefficient (Wildman–Crippen LogP) is 0.647. The van der Waals surface area contributed by atoms with Crippen LogP contribution in [-0.2, 0) is 0 Å². The predicted molar refractivity (Wildman–Crippen MR) is 54.1 cm³/mol. The van der Waals surface area contributed by atoms with E-state index in [4.69, 9.17) is 22.4 Å². The molecule has 6 heteroatoms. The Kier molecular flexibility index (Phi) is 2.43. The molecule has 1 heterocycles. The number of halogens is 1. The van der Waals surface area contributed by atoms with Crippen molar-refractivity contribution in [2.24, 2.45) is 0 Å². The van der Waals surface area contributed by atoms with Gasteiger partial charge >= 0.3 is 0 Å².